The van der Waals surface area contributed by atoms with Crippen molar-refractivity contribution in [1.82, 2.24) is 28.8 Å². The van der Waals surface area contributed by atoms with Crippen molar-refractivity contribution in [3.63, 3.8) is 0 Å². The lowest BCUT2D eigenvalue weighted by atomic mass is 9.79. The van der Waals surface area contributed by atoms with Crippen LogP contribution < -0.4 is 5.32 Å². The second kappa shape index (κ2) is 15.2. The van der Waals surface area contributed by atoms with Gasteiger partial charge in [0.25, 0.3) is 5.91 Å². The molecule has 3 aromatic rings. The van der Waals surface area contributed by atoms with Gasteiger partial charge in [-0.3, -0.25) is 9.48 Å². The van der Waals surface area contributed by atoms with Gasteiger partial charge in [-0.1, -0.05) is 29.8 Å². The molecule has 4 amide bonds. The zero-order valence-electron chi connectivity index (χ0n) is 29.9. The summed E-state index contributed by atoms with van der Waals surface area (Å²) in [5.74, 6) is 0.618. The van der Waals surface area contributed by atoms with Crippen LogP contribution in [0.5, 0.6) is 0 Å². The van der Waals surface area contributed by atoms with E-state index in [-0.39, 0.29) is 24.4 Å². The van der Waals surface area contributed by atoms with Gasteiger partial charge >= 0.3 is 12.1 Å². The predicted octanol–water partition coefficient (Wildman–Crippen LogP) is 4.74. The number of ether oxygens (including phenoxy) is 1. The average molecular weight is 754 g/mol. The number of anilines is 1. The Morgan fingerprint density at radius 3 is 2.29 bits per heavy atom. The fraction of sp³-hybridized carbons (Fsp3) is 0.568. The number of urea groups is 1. The number of benzene rings is 2. The first-order valence-corrected chi connectivity index (χ1v) is 20.6. The highest BCUT2D eigenvalue weighted by atomic mass is 35.5. The number of carbonyl (C=O) groups is 3. The SMILES string of the molecule is Cn1ncc2cc(C[C@@H](OC(=O)N3CCC(N4CCc5ccccc5NC4=O)CC3)C(=O)N3CCC(C4CCN(S(C)(=O)=O)CC4)CC3)cc(Cl)c21. The van der Waals surface area contributed by atoms with Crippen molar-refractivity contribution < 1.29 is 27.5 Å². The second-order valence-electron chi connectivity index (χ2n) is 14.8. The van der Waals surface area contributed by atoms with Gasteiger partial charge in [-0.05, 0) is 86.1 Å². The number of aryl methyl sites for hydroxylation is 1. The van der Waals surface area contributed by atoms with Crippen LogP contribution in [0.1, 0.15) is 49.7 Å². The molecule has 0 bridgehead atoms. The van der Waals surface area contributed by atoms with Gasteiger partial charge in [0, 0.05) is 76.4 Å². The van der Waals surface area contributed by atoms with Crippen LogP contribution in [0, 0.1) is 11.8 Å². The van der Waals surface area contributed by atoms with E-state index in [2.05, 4.69) is 10.4 Å². The molecule has 7 rings (SSSR count). The molecule has 3 fully saturated rings. The van der Waals surface area contributed by atoms with Gasteiger partial charge in [0.05, 0.1) is 23.0 Å². The van der Waals surface area contributed by atoms with Crippen LogP contribution in [-0.4, -0.2) is 119 Å². The van der Waals surface area contributed by atoms with Crippen LogP contribution in [0.3, 0.4) is 0 Å². The number of amides is 4. The van der Waals surface area contributed by atoms with Gasteiger partial charge in [-0.15, -0.1) is 0 Å². The van der Waals surface area contributed by atoms with E-state index >= 15 is 0 Å². The molecule has 0 radical (unpaired) electrons. The number of nitrogens with one attached hydrogen (secondary N) is 1. The predicted molar refractivity (Wildman–Crippen MR) is 199 cm³/mol. The Morgan fingerprint density at radius 2 is 1.60 bits per heavy atom. The molecular weight excluding hydrogens is 706 g/mol. The molecule has 3 saturated heterocycles. The van der Waals surface area contributed by atoms with Crippen molar-refractivity contribution in [3.8, 4) is 0 Å². The van der Waals surface area contributed by atoms with E-state index in [9.17, 15) is 22.8 Å². The van der Waals surface area contributed by atoms with Crippen molar-refractivity contribution >= 4 is 56.2 Å². The summed E-state index contributed by atoms with van der Waals surface area (Å²) in [6.45, 7) is 3.63. The molecule has 4 aliphatic rings. The number of para-hydroxylation sites is 1. The summed E-state index contributed by atoms with van der Waals surface area (Å²) in [5, 5.41) is 8.71. The van der Waals surface area contributed by atoms with E-state index in [0.717, 1.165) is 59.8 Å². The fourth-order valence-corrected chi connectivity index (χ4v) is 9.85. The quantitative estimate of drug-likeness (QED) is 0.368. The zero-order valence-corrected chi connectivity index (χ0v) is 31.4. The Hall–Kier alpha value is -3.88. The number of aromatic nitrogens is 2. The van der Waals surface area contributed by atoms with Gasteiger partial charge in [-0.25, -0.2) is 22.3 Å². The number of likely N-dealkylation sites (tertiary alicyclic amines) is 2. The van der Waals surface area contributed by atoms with Crippen molar-refractivity contribution in [2.75, 3.05) is 57.4 Å². The van der Waals surface area contributed by atoms with Gasteiger partial charge in [-0.2, -0.15) is 5.10 Å². The summed E-state index contributed by atoms with van der Waals surface area (Å²) in [6.07, 6.45) is 6.88. The van der Waals surface area contributed by atoms with Gasteiger partial charge in [0.1, 0.15) is 0 Å². The minimum Gasteiger partial charge on any atom is -0.436 e. The molecule has 4 aliphatic heterocycles. The van der Waals surface area contributed by atoms with Gasteiger partial charge in [0.2, 0.25) is 10.0 Å². The van der Waals surface area contributed by atoms with E-state index in [0.29, 0.717) is 75.5 Å². The highest BCUT2D eigenvalue weighted by Crippen LogP contribution is 2.34. The molecular formula is C37H48ClN7O6S. The number of halogens is 1. The monoisotopic (exact) mass is 753 g/mol. The van der Waals surface area contributed by atoms with Crippen LogP contribution in [0.4, 0.5) is 15.3 Å². The third-order valence-corrected chi connectivity index (χ3v) is 13.2. The highest BCUT2D eigenvalue weighted by Gasteiger charge is 2.37. The Morgan fingerprint density at radius 1 is 0.942 bits per heavy atom. The number of piperidine rings is 3. The molecule has 15 heteroatoms. The molecule has 0 spiro atoms. The zero-order chi connectivity index (χ0) is 36.6. The van der Waals surface area contributed by atoms with Gasteiger partial charge in [0.15, 0.2) is 6.10 Å². The number of sulfonamides is 1. The maximum Gasteiger partial charge on any atom is 0.410 e. The first kappa shape index (κ1) is 36.5. The van der Waals surface area contributed by atoms with Crippen molar-refractivity contribution in [3.05, 3.63) is 58.7 Å². The van der Waals surface area contributed by atoms with Crippen LogP contribution >= 0.6 is 11.6 Å². The lowest BCUT2D eigenvalue weighted by Crippen LogP contribution is -2.52. The number of fused-ring (bicyclic) bond motifs is 2. The van der Waals surface area contributed by atoms with Crippen molar-refractivity contribution in [1.29, 1.82) is 0 Å². The molecule has 52 heavy (non-hydrogen) atoms. The van der Waals surface area contributed by atoms with Crippen molar-refractivity contribution in [2.24, 2.45) is 18.9 Å². The van der Waals surface area contributed by atoms with Crippen LogP contribution in [0.2, 0.25) is 5.02 Å². The van der Waals surface area contributed by atoms with Crippen molar-refractivity contribution in [2.45, 2.75) is 63.5 Å². The molecule has 1 N–H and O–H groups in total. The molecule has 1 aromatic heterocycles. The number of nitrogens with zero attached hydrogens (tertiary/aromatic N) is 6. The molecule has 13 nitrogen and oxygen atoms in total. The minimum atomic E-state index is -3.18. The molecule has 280 valence electrons. The molecule has 2 aromatic carbocycles. The molecule has 0 unspecified atom stereocenters. The smallest absolute Gasteiger partial charge is 0.410 e. The second-order valence-corrected chi connectivity index (χ2v) is 17.2. The number of rotatable bonds is 7. The third-order valence-electron chi connectivity index (χ3n) is 11.6. The maximum atomic E-state index is 14.2. The summed E-state index contributed by atoms with van der Waals surface area (Å²) >= 11 is 6.66. The van der Waals surface area contributed by atoms with E-state index in [1.807, 2.05) is 53.2 Å². The summed E-state index contributed by atoms with van der Waals surface area (Å²) in [6, 6.07) is 11.5. The molecule has 0 saturated carbocycles. The number of hydrogen-bond acceptors (Lipinski definition) is 7. The van der Waals surface area contributed by atoms with E-state index in [1.54, 1.807) is 20.1 Å². The summed E-state index contributed by atoms with van der Waals surface area (Å²) in [5.41, 5.74) is 3.52. The van der Waals surface area contributed by atoms with E-state index in [4.69, 9.17) is 16.3 Å². The molecule has 5 heterocycles. The Labute approximate surface area is 310 Å². The first-order chi connectivity index (χ1) is 24.9. The Balaban J connectivity index is 0.996. The lowest BCUT2D eigenvalue weighted by molar-refractivity contribution is -0.142. The highest BCUT2D eigenvalue weighted by molar-refractivity contribution is 7.88. The standard InChI is InChI=1S/C37H48ClN7O6S/c1-41-34-29(24-39-41)21-25(22-31(34)38)23-33(35(46)42-14-7-26(8-15-42)27-9-18-44(19-10-27)52(2,49)50)51-37(48)43-16-12-30(13-17-43)45-20-11-28-5-3-4-6-32(28)40-36(45)47/h3-6,21-22,24,26-27,30,33H,7-20,23H2,1-2H3,(H,40,47)/t33-/m1/s1. The number of hydrogen-bond donors (Lipinski definition) is 1. The maximum absolute atomic E-state index is 14.2. The van der Waals surface area contributed by atoms with E-state index in [1.165, 1.54) is 6.26 Å². The van der Waals surface area contributed by atoms with Gasteiger partial charge < -0.3 is 24.8 Å². The number of carbonyl (C=O) groups excluding carboxylic acids is 3. The fourth-order valence-electron chi connectivity index (χ4n) is 8.60. The largest absolute Gasteiger partial charge is 0.436 e. The summed E-state index contributed by atoms with van der Waals surface area (Å²) < 4.78 is 33.4. The summed E-state index contributed by atoms with van der Waals surface area (Å²) in [7, 11) is -1.36. The summed E-state index contributed by atoms with van der Waals surface area (Å²) in [4.78, 5) is 46.4. The van der Waals surface area contributed by atoms with Crippen LogP contribution in [-0.2, 0) is 39.4 Å². The molecule has 0 aliphatic carbocycles. The average Bonchev–Trinajstić information content (AvgIpc) is 3.43. The third kappa shape index (κ3) is 7.89. The lowest BCUT2D eigenvalue weighted by Gasteiger charge is -2.40. The van der Waals surface area contributed by atoms with E-state index < -0.39 is 22.2 Å². The van der Waals surface area contributed by atoms with Crippen LogP contribution in [0.15, 0.2) is 42.6 Å². The normalized spacial score (nSPS) is 20.8. The Bertz CT molecular complexity index is 1910. The minimum absolute atomic E-state index is 0.0101. The topological polar surface area (TPSA) is 137 Å². The van der Waals surface area contributed by atoms with Crippen LogP contribution in [0.25, 0.3) is 10.9 Å². The Kier molecular flexibility index (Phi) is 10.7. The molecule has 1 atom stereocenters. The first-order valence-electron chi connectivity index (χ1n) is 18.4.